The topological polar surface area (TPSA) is 3.24 Å². The first-order valence-corrected chi connectivity index (χ1v) is 6.63. The Hall–Kier alpha value is -2.04. The third-order valence-corrected chi connectivity index (χ3v) is 3.70. The lowest BCUT2D eigenvalue weighted by Crippen LogP contribution is -2.20. The predicted molar refractivity (Wildman–Crippen MR) is 72.6 cm³/mol. The molecule has 0 aromatic heterocycles. The van der Waals surface area contributed by atoms with Crippen LogP contribution in [0.25, 0.3) is 0 Å². The summed E-state index contributed by atoms with van der Waals surface area (Å²) in [7, 11) is 0. The molecule has 0 aliphatic carbocycles. The first-order chi connectivity index (χ1) is 9.95. The molecular formula is C16H13F4N. The number of hydrogen-bond donors (Lipinski definition) is 0. The number of hydrogen-bond acceptors (Lipinski definition) is 1. The molecule has 0 unspecified atom stereocenters. The van der Waals surface area contributed by atoms with Gasteiger partial charge >= 0.3 is 6.18 Å². The van der Waals surface area contributed by atoms with Crippen molar-refractivity contribution in [3.8, 4) is 0 Å². The second-order valence-electron chi connectivity index (χ2n) is 5.11. The second kappa shape index (κ2) is 5.06. The summed E-state index contributed by atoms with van der Waals surface area (Å²) in [4.78, 5) is 2.05. The zero-order chi connectivity index (χ0) is 15.0. The maximum atomic E-state index is 13.6. The van der Waals surface area contributed by atoms with Gasteiger partial charge in [-0.3, -0.25) is 0 Å². The van der Waals surface area contributed by atoms with Gasteiger partial charge in [0.25, 0.3) is 0 Å². The first-order valence-electron chi connectivity index (χ1n) is 6.63. The van der Waals surface area contributed by atoms with Crippen LogP contribution in [0.3, 0.4) is 0 Å². The maximum absolute atomic E-state index is 13.6. The molecule has 110 valence electrons. The van der Waals surface area contributed by atoms with E-state index in [1.54, 1.807) is 0 Å². The van der Waals surface area contributed by atoms with Crippen LogP contribution in [0.1, 0.15) is 16.7 Å². The molecule has 2 aromatic carbocycles. The molecule has 1 heterocycles. The summed E-state index contributed by atoms with van der Waals surface area (Å²) in [5.74, 6) is -1.22. The summed E-state index contributed by atoms with van der Waals surface area (Å²) in [6.07, 6.45) is -3.75. The van der Waals surface area contributed by atoms with E-state index in [0.29, 0.717) is 12.1 Å². The lowest BCUT2D eigenvalue weighted by Gasteiger charge is -2.20. The lowest BCUT2D eigenvalue weighted by atomic mass is 10.1. The van der Waals surface area contributed by atoms with Gasteiger partial charge in [0.15, 0.2) is 0 Å². The molecule has 0 N–H and O–H groups in total. The minimum Gasteiger partial charge on any atom is -0.367 e. The van der Waals surface area contributed by atoms with Gasteiger partial charge in [0.05, 0.1) is 5.56 Å². The Morgan fingerprint density at radius 2 is 1.81 bits per heavy atom. The van der Waals surface area contributed by atoms with Gasteiger partial charge in [-0.2, -0.15) is 13.2 Å². The summed E-state index contributed by atoms with van der Waals surface area (Å²) in [6.45, 7) is 1.20. The molecule has 0 radical (unpaired) electrons. The molecule has 0 saturated heterocycles. The number of anilines is 1. The fraction of sp³-hybridized carbons (Fsp3) is 0.250. The van der Waals surface area contributed by atoms with Crippen molar-refractivity contribution in [2.75, 3.05) is 11.4 Å². The Morgan fingerprint density at radius 1 is 1.05 bits per heavy atom. The number of alkyl halides is 3. The van der Waals surface area contributed by atoms with Crippen LogP contribution in [0, 0.1) is 5.82 Å². The molecule has 0 bridgehead atoms. The lowest BCUT2D eigenvalue weighted by molar-refractivity contribution is -0.140. The quantitative estimate of drug-likeness (QED) is 0.742. The summed E-state index contributed by atoms with van der Waals surface area (Å²) in [6, 6.07) is 11.0. The molecule has 0 amide bonds. The van der Waals surface area contributed by atoms with Gasteiger partial charge < -0.3 is 4.90 Å². The van der Waals surface area contributed by atoms with Gasteiger partial charge in [-0.05, 0) is 35.7 Å². The van der Waals surface area contributed by atoms with E-state index in [4.69, 9.17) is 0 Å². The maximum Gasteiger partial charge on any atom is 0.419 e. The van der Waals surface area contributed by atoms with E-state index in [1.165, 1.54) is 11.6 Å². The van der Waals surface area contributed by atoms with Crippen LogP contribution in [-0.4, -0.2) is 6.54 Å². The van der Waals surface area contributed by atoms with Crippen molar-refractivity contribution in [2.24, 2.45) is 0 Å². The van der Waals surface area contributed by atoms with Gasteiger partial charge in [-0.1, -0.05) is 24.3 Å². The molecule has 3 rings (SSSR count). The minimum atomic E-state index is -4.65. The summed E-state index contributed by atoms with van der Waals surface area (Å²) in [5, 5.41) is 0. The van der Waals surface area contributed by atoms with E-state index in [-0.39, 0.29) is 0 Å². The minimum absolute atomic E-state index is 0.409. The third kappa shape index (κ3) is 2.73. The normalized spacial score (nSPS) is 14.4. The fourth-order valence-electron chi connectivity index (χ4n) is 2.68. The van der Waals surface area contributed by atoms with Crippen molar-refractivity contribution >= 4 is 5.69 Å². The Balaban J connectivity index is 1.83. The molecule has 5 heteroatoms. The molecule has 2 aromatic rings. The highest BCUT2D eigenvalue weighted by Crippen LogP contribution is 2.33. The van der Waals surface area contributed by atoms with Gasteiger partial charge in [-0.15, -0.1) is 0 Å². The molecule has 21 heavy (non-hydrogen) atoms. The van der Waals surface area contributed by atoms with Gasteiger partial charge in [-0.25, -0.2) is 4.39 Å². The number of nitrogens with zero attached hydrogens (tertiary/aromatic N) is 1. The zero-order valence-electron chi connectivity index (χ0n) is 11.1. The fourth-order valence-corrected chi connectivity index (χ4v) is 2.68. The van der Waals surface area contributed by atoms with Crippen molar-refractivity contribution < 1.29 is 17.6 Å². The molecule has 0 saturated carbocycles. The monoisotopic (exact) mass is 295 g/mol. The van der Waals surface area contributed by atoms with E-state index in [9.17, 15) is 17.6 Å². The highest BCUT2D eigenvalue weighted by atomic mass is 19.4. The van der Waals surface area contributed by atoms with Crippen molar-refractivity contribution in [3.63, 3.8) is 0 Å². The van der Waals surface area contributed by atoms with E-state index in [0.717, 1.165) is 30.8 Å². The number of rotatable bonds is 2. The van der Waals surface area contributed by atoms with E-state index >= 15 is 0 Å². The number of para-hydroxylation sites is 1. The van der Waals surface area contributed by atoms with E-state index < -0.39 is 17.6 Å². The van der Waals surface area contributed by atoms with Crippen LogP contribution < -0.4 is 4.90 Å². The van der Waals surface area contributed by atoms with Crippen molar-refractivity contribution in [2.45, 2.75) is 19.1 Å². The van der Waals surface area contributed by atoms with Crippen molar-refractivity contribution in [1.82, 2.24) is 0 Å². The molecule has 1 aliphatic heterocycles. The largest absolute Gasteiger partial charge is 0.419 e. The SMILES string of the molecule is Fc1cc(CN2CCc3ccccc32)ccc1C(F)(F)F. The summed E-state index contributed by atoms with van der Waals surface area (Å²) < 4.78 is 51.2. The molecule has 0 atom stereocenters. The molecule has 1 nitrogen and oxygen atoms in total. The highest BCUT2D eigenvalue weighted by molar-refractivity contribution is 5.58. The average Bonchev–Trinajstić information content (AvgIpc) is 2.81. The van der Waals surface area contributed by atoms with Crippen LogP contribution >= 0.6 is 0 Å². The van der Waals surface area contributed by atoms with Crippen LogP contribution in [0.4, 0.5) is 23.2 Å². The van der Waals surface area contributed by atoms with Crippen molar-refractivity contribution in [3.05, 3.63) is 65.0 Å². The van der Waals surface area contributed by atoms with Gasteiger partial charge in [0.1, 0.15) is 5.82 Å². The van der Waals surface area contributed by atoms with Crippen LogP contribution in [0.15, 0.2) is 42.5 Å². The van der Waals surface area contributed by atoms with E-state index in [2.05, 4.69) is 4.90 Å². The molecule has 1 aliphatic rings. The standard InChI is InChI=1S/C16H13F4N/c17-14-9-11(5-6-13(14)16(18,19)20)10-21-8-7-12-3-1-2-4-15(12)21/h1-6,9H,7-8,10H2. The Labute approximate surface area is 119 Å². The number of fused-ring (bicyclic) bond motifs is 1. The number of benzene rings is 2. The highest BCUT2D eigenvalue weighted by Gasteiger charge is 2.34. The molecule has 0 fully saturated rings. The van der Waals surface area contributed by atoms with Gasteiger partial charge in [0.2, 0.25) is 0 Å². The Kier molecular flexibility index (Phi) is 3.35. The first kappa shape index (κ1) is 13.9. The Bertz CT molecular complexity index is 664. The van der Waals surface area contributed by atoms with Crippen LogP contribution in [-0.2, 0) is 19.1 Å². The van der Waals surface area contributed by atoms with E-state index in [1.807, 2.05) is 24.3 Å². The summed E-state index contributed by atoms with van der Waals surface area (Å²) >= 11 is 0. The second-order valence-corrected chi connectivity index (χ2v) is 5.11. The smallest absolute Gasteiger partial charge is 0.367 e. The Morgan fingerprint density at radius 3 is 2.52 bits per heavy atom. The van der Waals surface area contributed by atoms with Crippen molar-refractivity contribution in [1.29, 1.82) is 0 Å². The third-order valence-electron chi connectivity index (χ3n) is 3.70. The van der Waals surface area contributed by atoms with Crippen LogP contribution in [0.5, 0.6) is 0 Å². The predicted octanol–water partition coefficient (Wildman–Crippen LogP) is 4.41. The molecular weight excluding hydrogens is 282 g/mol. The summed E-state index contributed by atoms with van der Waals surface area (Å²) in [5.41, 5.74) is 1.60. The van der Waals surface area contributed by atoms with Gasteiger partial charge in [0, 0.05) is 18.8 Å². The zero-order valence-corrected chi connectivity index (χ0v) is 11.1. The molecule has 0 spiro atoms. The number of halogens is 4. The van der Waals surface area contributed by atoms with Crippen LogP contribution in [0.2, 0.25) is 0 Å². The average molecular weight is 295 g/mol.